The normalized spacial score (nSPS) is 10.4. The van der Waals surface area contributed by atoms with Crippen molar-refractivity contribution in [1.29, 1.82) is 5.26 Å². The van der Waals surface area contributed by atoms with Gasteiger partial charge in [-0.2, -0.15) is 5.26 Å². The summed E-state index contributed by atoms with van der Waals surface area (Å²) >= 11 is 2.80. The lowest BCUT2D eigenvalue weighted by molar-refractivity contribution is -0.113. The zero-order valence-electron chi connectivity index (χ0n) is 18.6. The van der Waals surface area contributed by atoms with Gasteiger partial charge in [0.1, 0.15) is 11.1 Å². The van der Waals surface area contributed by atoms with Crippen LogP contribution in [-0.4, -0.2) is 30.9 Å². The van der Waals surface area contributed by atoms with Gasteiger partial charge in [-0.1, -0.05) is 48.2 Å². The Labute approximate surface area is 206 Å². The second kappa shape index (κ2) is 10.9. The van der Waals surface area contributed by atoms with E-state index in [0.29, 0.717) is 27.8 Å². The van der Waals surface area contributed by atoms with Gasteiger partial charge in [-0.3, -0.25) is 4.79 Å². The third-order valence-corrected chi connectivity index (χ3v) is 6.84. The number of thiophene rings is 1. The van der Waals surface area contributed by atoms with Crippen LogP contribution in [0.3, 0.4) is 0 Å². The fourth-order valence-electron chi connectivity index (χ4n) is 3.36. The van der Waals surface area contributed by atoms with E-state index in [1.807, 2.05) is 53.9 Å². The monoisotopic (exact) mass is 487 g/mol. The Bertz CT molecular complexity index is 1330. The van der Waals surface area contributed by atoms with Crippen LogP contribution in [-0.2, 0) is 4.79 Å². The molecule has 4 rings (SSSR count). The van der Waals surface area contributed by atoms with Crippen molar-refractivity contribution in [3.63, 3.8) is 0 Å². The lowest BCUT2D eigenvalue weighted by atomic mass is 10.0. The van der Waals surface area contributed by atoms with E-state index < -0.39 is 0 Å². The summed E-state index contributed by atoms with van der Waals surface area (Å²) in [4.78, 5) is 18.4. The zero-order valence-corrected chi connectivity index (χ0v) is 20.2. The molecule has 0 aliphatic rings. The number of anilines is 1. The highest BCUT2D eigenvalue weighted by Crippen LogP contribution is 2.36. The van der Waals surface area contributed by atoms with Crippen molar-refractivity contribution in [2.24, 2.45) is 0 Å². The zero-order chi connectivity index (χ0) is 23.9. The molecule has 2 heterocycles. The van der Waals surface area contributed by atoms with E-state index in [1.54, 1.807) is 43.8 Å². The van der Waals surface area contributed by atoms with E-state index in [1.165, 1.54) is 11.8 Å². The molecule has 0 saturated carbocycles. The quantitative estimate of drug-likeness (QED) is 0.303. The molecule has 0 spiro atoms. The van der Waals surface area contributed by atoms with Crippen LogP contribution in [0.5, 0.6) is 11.5 Å². The molecule has 1 amide bonds. The van der Waals surface area contributed by atoms with Crippen LogP contribution < -0.4 is 14.8 Å². The Morgan fingerprint density at radius 3 is 2.53 bits per heavy atom. The van der Waals surface area contributed by atoms with E-state index >= 15 is 0 Å². The third-order valence-electron chi connectivity index (χ3n) is 4.96. The lowest BCUT2D eigenvalue weighted by Gasteiger charge is -2.12. The van der Waals surface area contributed by atoms with Crippen molar-refractivity contribution in [1.82, 2.24) is 4.98 Å². The summed E-state index contributed by atoms with van der Waals surface area (Å²) in [7, 11) is 3.10. The maximum atomic E-state index is 12.7. The van der Waals surface area contributed by atoms with Gasteiger partial charge in [-0.05, 0) is 29.6 Å². The highest BCUT2D eigenvalue weighted by molar-refractivity contribution is 8.00. The molecule has 0 unspecified atom stereocenters. The smallest absolute Gasteiger partial charge is 0.234 e. The number of nitriles is 1. The summed E-state index contributed by atoms with van der Waals surface area (Å²) in [6.07, 6.45) is 0. The predicted molar refractivity (Wildman–Crippen MR) is 137 cm³/mol. The first kappa shape index (κ1) is 23.4. The number of nitrogens with zero attached hydrogens (tertiary/aromatic N) is 2. The molecular weight excluding hydrogens is 466 g/mol. The molecule has 0 radical (unpaired) electrons. The molecular formula is C26H21N3O3S2. The molecule has 4 aromatic rings. The van der Waals surface area contributed by atoms with E-state index in [4.69, 9.17) is 14.5 Å². The summed E-state index contributed by atoms with van der Waals surface area (Å²) in [5.41, 5.74) is 3.57. The molecule has 0 saturated heterocycles. The average Bonchev–Trinajstić information content (AvgIpc) is 3.42. The van der Waals surface area contributed by atoms with Crippen LogP contribution >= 0.6 is 23.1 Å². The van der Waals surface area contributed by atoms with Gasteiger partial charge < -0.3 is 14.8 Å². The maximum absolute atomic E-state index is 12.7. The molecule has 1 N–H and O–H groups in total. The van der Waals surface area contributed by atoms with Crippen LogP contribution in [0.25, 0.3) is 21.7 Å². The number of thioether (sulfide) groups is 1. The van der Waals surface area contributed by atoms with Crippen LogP contribution in [0.15, 0.2) is 77.1 Å². The topological polar surface area (TPSA) is 84.2 Å². The largest absolute Gasteiger partial charge is 0.493 e. The van der Waals surface area contributed by atoms with E-state index in [-0.39, 0.29) is 11.7 Å². The van der Waals surface area contributed by atoms with Gasteiger partial charge in [-0.15, -0.1) is 11.3 Å². The summed E-state index contributed by atoms with van der Waals surface area (Å²) < 4.78 is 10.5. The minimum Gasteiger partial charge on any atom is -0.493 e. The maximum Gasteiger partial charge on any atom is 0.234 e. The van der Waals surface area contributed by atoms with Gasteiger partial charge in [0.15, 0.2) is 11.5 Å². The number of nitrogens with one attached hydrogen (secondary N) is 1. The number of benzene rings is 2. The molecule has 0 bridgehead atoms. The number of methoxy groups -OCH3 is 2. The number of aromatic nitrogens is 1. The van der Waals surface area contributed by atoms with Gasteiger partial charge in [-0.25, -0.2) is 4.98 Å². The Balaban J connectivity index is 1.60. The fraction of sp³-hybridized carbons (Fsp3) is 0.115. The standard InChI is InChI=1S/C26H21N3O3S2/c1-31-22-11-10-18(13-23(22)32-2)28-25(30)16-34-26-20(15-27)19(24-9-6-12-33-24)14-21(29-26)17-7-4-3-5-8-17/h3-14H,16H2,1-2H3,(H,28,30). The molecule has 6 nitrogen and oxygen atoms in total. The highest BCUT2D eigenvalue weighted by atomic mass is 32.2. The SMILES string of the molecule is COc1ccc(NC(=O)CSc2nc(-c3ccccc3)cc(-c3cccs3)c2C#N)cc1OC. The number of rotatable bonds is 8. The summed E-state index contributed by atoms with van der Waals surface area (Å²) in [5.74, 6) is 0.984. The number of carbonyl (C=O) groups is 1. The van der Waals surface area contributed by atoms with Crippen molar-refractivity contribution >= 4 is 34.7 Å². The molecule has 2 aromatic carbocycles. The van der Waals surface area contributed by atoms with Crippen LogP contribution in [0.4, 0.5) is 5.69 Å². The van der Waals surface area contributed by atoms with Gasteiger partial charge in [0.2, 0.25) is 5.91 Å². The molecule has 0 fully saturated rings. The van der Waals surface area contributed by atoms with Crippen LogP contribution in [0.2, 0.25) is 0 Å². The molecule has 2 aromatic heterocycles. The molecule has 0 aliphatic heterocycles. The van der Waals surface area contributed by atoms with Gasteiger partial charge in [0.05, 0.1) is 31.2 Å². The summed E-state index contributed by atoms with van der Waals surface area (Å²) in [5, 5.41) is 15.3. The molecule has 34 heavy (non-hydrogen) atoms. The molecule has 0 atom stereocenters. The average molecular weight is 488 g/mol. The fourth-order valence-corrected chi connectivity index (χ4v) is 4.91. The van der Waals surface area contributed by atoms with E-state index in [2.05, 4.69) is 11.4 Å². The number of carbonyl (C=O) groups excluding carboxylic acids is 1. The number of pyridine rings is 1. The Kier molecular flexibility index (Phi) is 7.48. The van der Waals surface area contributed by atoms with Gasteiger partial charge in [0.25, 0.3) is 0 Å². The summed E-state index contributed by atoms with van der Waals surface area (Å²) in [6.45, 7) is 0. The van der Waals surface area contributed by atoms with E-state index in [0.717, 1.165) is 21.7 Å². The number of amides is 1. The highest BCUT2D eigenvalue weighted by Gasteiger charge is 2.18. The first-order chi connectivity index (χ1) is 16.6. The number of hydrogen-bond donors (Lipinski definition) is 1. The van der Waals surface area contributed by atoms with Crippen molar-refractivity contribution in [2.45, 2.75) is 5.03 Å². The minimum atomic E-state index is -0.217. The Morgan fingerprint density at radius 1 is 1.06 bits per heavy atom. The molecule has 0 aliphatic carbocycles. The molecule has 170 valence electrons. The Morgan fingerprint density at radius 2 is 1.85 bits per heavy atom. The summed E-state index contributed by atoms with van der Waals surface area (Å²) in [6, 6.07) is 23.1. The first-order valence-electron chi connectivity index (χ1n) is 10.3. The third kappa shape index (κ3) is 5.22. The number of hydrogen-bond acceptors (Lipinski definition) is 7. The Hall–Kier alpha value is -3.80. The minimum absolute atomic E-state index is 0.0954. The van der Waals surface area contributed by atoms with Crippen molar-refractivity contribution in [3.05, 3.63) is 77.7 Å². The van der Waals surface area contributed by atoms with Gasteiger partial charge >= 0.3 is 0 Å². The first-order valence-corrected chi connectivity index (χ1v) is 12.2. The second-order valence-corrected chi connectivity index (χ2v) is 9.01. The van der Waals surface area contributed by atoms with Crippen LogP contribution in [0.1, 0.15) is 5.56 Å². The van der Waals surface area contributed by atoms with Crippen molar-refractivity contribution < 1.29 is 14.3 Å². The van der Waals surface area contributed by atoms with Crippen LogP contribution in [0, 0.1) is 11.3 Å². The predicted octanol–water partition coefficient (Wildman–Crippen LogP) is 6.10. The van der Waals surface area contributed by atoms with E-state index in [9.17, 15) is 10.1 Å². The number of ether oxygens (including phenoxy) is 2. The van der Waals surface area contributed by atoms with Gasteiger partial charge in [0, 0.05) is 27.8 Å². The van der Waals surface area contributed by atoms with Crippen molar-refractivity contribution in [2.75, 3.05) is 25.3 Å². The molecule has 8 heteroatoms. The van der Waals surface area contributed by atoms with Crippen molar-refractivity contribution in [3.8, 4) is 39.3 Å². The lowest BCUT2D eigenvalue weighted by Crippen LogP contribution is -2.14. The second-order valence-electron chi connectivity index (χ2n) is 7.10.